The highest BCUT2D eigenvalue weighted by Crippen LogP contribution is 2.11. The molecule has 0 aliphatic carbocycles. The van der Waals surface area contributed by atoms with E-state index in [-0.39, 0.29) is 0 Å². The van der Waals surface area contributed by atoms with Crippen LogP contribution in [0.15, 0.2) is 22.0 Å². The van der Waals surface area contributed by atoms with Crippen LogP contribution < -0.4 is 5.56 Å². The minimum atomic E-state index is -0.855. The van der Waals surface area contributed by atoms with Gasteiger partial charge in [-0.15, -0.1) is 0 Å². The van der Waals surface area contributed by atoms with Gasteiger partial charge in [0.15, 0.2) is 5.82 Å². The topological polar surface area (TPSA) is 42.2 Å². The zero-order valence-corrected chi connectivity index (χ0v) is 6.56. The molecule has 1 aromatic heterocycles. The number of halogens is 1. The summed E-state index contributed by atoms with van der Waals surface area (Å²) in [6.45, 7) is 0. The minimum Gasteiger partial charge on any atom is -0.325 e. The molecule has 60 valence electrons. The third-order valence-electron chi connectivity index (χ3n) is 1.22. The van der Waals surface area contributed by atoms with Crippen molar-refractivity contribution in [3.63, 3.8) is 0 Å². The van der Waals surface area contributed by atoms with Gasteiger partial charge in [0.2, 0.25) is 0 Å². The Bertz CT molecular complexity index is 297. The Labute approximate surface area is 66.7 Å². The zero-order valence-electron chi connectivity index (χ0n) is 5.74. The lowest BCUT2D eigenvalue weighted by Gasteiger charge is -1.98. The molecule has 1 aromatic rings. The predicted octanol–water partition coefficient (Wildman–Crippen LogP) is 1.09. The van der Waals surface area contributed by atoms with Crippen molar-refractivity contribution >= 4 is 12.0 Å². The third kappa shape index (κ3) is 1.61. The lowest BCUT2D eigenvalue weighted by Crippen LogP contribution is -2.19. The summed E-state index contributed by atoms with van der Waals surface area (Å²) in [5.41, 5.74) is -0.692. The number of aryl methyl sites for hydroxylation is 1. The van der Waals surface area contributed by atoms with Crippen LogP contribution in [-0.4, -0.2) is 9.12 Å². The molecule has 0 unspecified atom stereocenters. The van der Waals surface area contributed by atoms with Crippen LogP contribution in [0, 0.1) is 5.82 Å². The molecule has 0 saturated heterocycles. The van der Waals surface area contributed by atoms with Crippen molar-refractivity contribution in [3.8, 4) is 0 Å². The van der Waals surface area contributed by atoms with Crippen LogP contribution in [0.5, 0.6) is 0 Å². The van der Waals surface area contributed by atoms with Gasteiger partial charge in [-0.25, -0.2) is 4.39 Å². The molecule has 11 heavy (non-hydrogen) atoms. The first-order chi connectivity index (χ1) is 5.15. The molecule has 0 spiro atoms. The molecule has 0 aromatic carbocycles. The van der Waals surface area contributed by atoms with Gasteiger partial charge in [-0.3, -0.25) is 4.79 Å². The monoisotopic (exact) mass is 175 g/mol. The molecule has 0 aliphatic heterocycles. The lowest BCUT2D eigenvalue weighted by atomic mass is 10.4. The van der Waals surface area contributed by atoms with Gasteiger partial charge >= 0.3 is 0 Å². The first-order valence-corrected chi connectivity index (χ1v) is 3.60. The summed E-state index contributed by atoms with van der Waals surface area (Å²) in [6, 6.07) is 0.993. The van der Waals surface area contributed by atoms with Crippen LogP contribution in [0.1, 0.15) is 0 Å². The second kappa shape index (κ2) is 3.06. The molecule has 5 heteroatoms. The fraction of sp³-hybridized carbons (Fsp3) is 0.167. The van der Waals surface area contributed by atoms with E-state index in [1.165, 1.54) is 13.2 Å². The number of hydrogen-bond donors (Lipinski definition) is 1. The molecule has 0 saturated carbocycles. The number of nitrogens with zero attached hydrogens (tertiary/aromatic N) is 1. The molecule has 1 rings (SSSR count). The average molecular weight is 175 g/mol. The van der Waals surface area contributed by atoms with Crippen molar-refractivity contribution in [2.45, 2.75) is 4.90 Å². The normalized spacial score (nSPS) is 10.1. The Morgan fingerprint density at radius 3 is 2.82 bits per heavy atom. The summed E-state index contributed by atoms with van der Waals surface area (Å²) in [7, 11) is 1.42. The van der Waals surface area contributed by atoms with E-state index < -0.39 is 11.4 Å². The smallest absolute Gasteiger partial charge is 0.286 e. The van der Waals surface area contributed by atoms with Crippen LogP contribution in [0.3, 0.4) is 0 Å². The highest BCUT2D eigenvalue weighted by molar-refractivity contribution is 7.93. The molecule has 0 radical (unpaired) electrons. The summed E-state index contributed by atoms with van der Waals surface area (Å²) >= 11 is 0.406. The molecule has 0 bridgehead atoms. The standard InChI is InChI=1S/C6H6FNO2S/c1-8-3-4(11-10)2-5(7)6(8)9/h2-3,10H,1H3. The van der Waals surface area contributed by atoms with Gasteiger partial charge in [0, 0.05) is 25.3 Å². The Balaban J connectivity index is 3.32. The van der Waals surface area contributed by atoms with E-state index in [9.17, 15) is 9.18 Å². The molecule has 0 fully saturated rings. The van der Waals surface area contributed by atoms with Crippen molar-refractivity contribution < 1.29 is 8.94 Å². The van der Waals surface area contributed by atoms with Crippen LogP contribution in [0.25, 0.3) is 0 Å². The van der Waals surface area contributed by atoms with Gasteiger partial charge in [0.25, 0.3) is 5.56 Å². The van der Waals surface area contributed by atoms with Crippen LogP contribution >= 0.6 is 12.0 Å². The van der Waals surface area contributed by atoms with Crippen molar-refractivity contribution in [1.29, 1.82) is 0 Å². The van der Waals surface area contributed by atoms with Gasteiger partial charge < -0.3 is 9.12 Å². The van der Waals surface area contributed by atoms with Crippen molar-refractivity contribution in [3.05, 3.63) is 28.4 Å². The first-order valence-electron chi connectivity index (χ1n) is 2.82. The number of aromatic nitrogens is 1. The maximum absolute atomic E-state index is 12.6. The van der Waals surface area contributed by atoms with Gasteiger partial charge in [-0.05, 0) is 6.07 Å². The Kier molecular flexibility index (Phi) is 2.31. The molecule has 0 atom stereocenters. The van der Waals surface area contributed by atoms with E-state index in [0.717, 1.165) is 10.6 Å². The fourth-order valence-electron chi connectivity index (χ4n) is 0.692. The van der Waals surface area contributed by atoms with Gasteiger partial charge in [-0.2, -0.15) is 0 Å². The SMILES string of the molecule is Cn1cc(SO)cc(F)c1=O. The quantitative estimate of drug-likeness (QED) is 0.649. The fourth-order valence-corrected chi connectivity index (χ4v) is 1.05. The maximum Gasteiger partial charge on any atom is 0.286 e. The van der Waals surface area contributed by atoms with E-state index in [0.29, 0.717) is 16.9 Å². The van der Waals surface area contributed by atoms with Crippen molar-refractivity contribution in [1.82, 2.24) is 4.57 Å². The van der Waals surface area contributed by atoms with E-state index in [1.54, 1.807) is 0 Å². The summed E-state index contributed by atoms with van der Waals surface area (Å²) in [6.07, 6.45) is 1.36. The number of rotatable bonds is 1. The largest absolute Gasteiger partial charge is 0.325 e. The first kappa shape index (κ1) is 8.29. The van der Waals surface area contributed by atoms with Gasteiger partial charge in [-0.1, -0.05) is 0 Å². The Morgan fingerprint density at radius 1 is 1.73 bits per heavy atom. The lowest BCUT2D eigenvalue weighted by molar-refractivity contribution is 0.581. The average Bonchev–Trinajstić information content (AvgIpc) is 1.99. The van der Waals surface area contributed by atoms with E-state index in [2.05, 4.69) is 0 Å². The molecule has 1 N–H and O–H groups in total. The summed E-state index contributed by atoms with van der Waals surface area (Å²) in [4.78, 5) is 11.0. The summed E-state index contributed by atoms with van der Waals surface area (Å²) in [5.74, 6) is -0.855. The molecular weight excluding hydrogens is 169 g/mol. The number of hydrogen-bond acceptors (Lipinski definition) is 3. The van der Waals surface area contributed by atoms with Gasteiger partial charge in [0.1, 0.15) is 0 Å². The second-order valence-corrected chi connectivity index (χ2v) is 2.69. The molecule has 0 aliphatic rings. The van der Waals surface area contributed by atoms with E-state index in [4.69, 9.17) is 4.55 Å². The highest BCUT2D eigenvalue weighted by atomic mass is 32.2. The maximum atomic E-state index is 12.6. The predicted molar refractivity (Wildman–Crippen MR) is 40.1 cm³/mol. The third-order valence-corrected chi connectivity index (χ3v) is 1.65. The second-order valence-electron chi connectivity index (χ2n) is 2.03. The molecule has 3 nitrogen and oxygen atoms in total. The minimum absolute atomic E-state index is 0.310. The van der Waals surface area contributed by atoms with Crippen LogP contribution in [0.2, 0.25) is 0 Å². The zero-order chi connectivity index (χ0) is 8.43. The van der Waals surface area contributed by atoms with Crippen LogP contribution in [-0.2, 0) is 7.05 Å². The van der Waals surface area contributed by atoms with Gasteiger partial charge in [0.05, 0.1) is 4.90 Å². The Hall–Kier alpha value is -0.810. The van der Waals surface area contributed by atoms with E-state index in [1.807, 2.05) is 0 Å². The van der Waals surface area contributed by atoms with Crippen LogP contribution in [0.4, 0.5) is 4.39 Å². The summed E-state index contributed by atoms with van der Waals surface area (Å²) in [5, 5.41) is 0. The van der Waals surface area contributed by atoms with E-state index >= 15 is 0 Å². The molecule has 1 heterocycles. The summed E-state index contributed by atoms with van der Waals surface area (Å²) < 4.78 is 22.2. The molecule has 0 amide bonds. The molecular formula is C6H6FNO2S. The number of pyridine rings is 1. The van der Waals surface area contributed by atoms with Crippen molar-refractivity contribution in [2.24, 2.45) is 7.05 Å². The highest BCUT2D eigenvalue weighted by Gasteiger charge is 2.02. The van der Waals surface area contributed by atoms with Crippen molar-refractivity contribution in [2.75, 3.05) is 0 Å². The Morgan fingerprint density at radius 2 is 2.36 bits per heavy atom.